The van der Waals surface area contributed by atoms with Gasteiger partial charge in [0, 0.05) is 47.6 Å². The summed E-state index contributed by atoms with van der Waals surface area (Å²) in [6.07, 6.45) is 2.72. The Morgan fingerprint density at radius 1 is 0.963 bits per heavy atom. The smallest absolute Gasteiger partial charge is 0.229 e. The highest BCUT2D eigenvalue weighted by Gasteiger charge is 2.35. The van der Waals surface area contributed by atoms with E-state index in [2.05, 4.69) is 38.3 Å². The third kappa shape index (κ3) is 4.00. The molecule has 0 bridgehead atoms. The average molecular weight is 428 g/mol. The molecule has 2 aromatic rings. The fourth-order valence-corrected chi connectivity index (χ4v) is 3.99. The molecule has 4 rings (SSSR count). The summed E-state index contributed by atoms with van der Waals surface area (Å²) >= 11 is 3.40. The Balaban J connectivity index is 1.38. The number of anilines is 3. The highest BCUT2D eigenvalue weighted by Crippen LogP contribution is 2.28. The van der Waals surface area contributed by atoms with E-state index in [4.69, 9.17) is 0 Å². The third-order valence-corrected chi connectivity index (χ3v) is 5.77. The average Bonchev–Trinajstić information content (AvgIpc) is 3.33. The van der Waals surface area contributed by atoms with E-state index in [1.54, 1.807) is 4.90 Å². The lowest BCUT2D eigenvalue weighted by atomic mass is 10.1. The van der Waals surface area contributed by atoms with Crippen LogP contribution in [-0.4, -0.2) is 31.4 Å². The summed E-state index contributed by atoms with van der Waals surface area (Å²) in [5.41, 5.74) is 2.80. The molecule has 0 aliphatic carbocycles. The van der Waals surface area contributed by atoms with E-state index < -0.39 is 0 Å². The first-order chi connectivity index (χ1) is 13.1. The summed E-state index contributed by atoms with van der Waals surface area (Å²) in [5, 5.41) is 2.96. The third-order valence-electron chi connectivity index (χ3n) is 5.24. The molecule has 0 unspecified atom stereocenters. The second-order valence-corrected chi connectivity index (χ2v) is 8.03. The van der Waals surface area contributed by atoms with Crippen molar-refractivity contribution >= 4 is 44.8 Å². The first kappa shape index (κ1) is 18.0. The predicted octanol–water partition coefficient (Wildman–Crippen LogP) is 4.04. The van der Waals surface area contributed by atoms with E-state index in [0.29, 0.717) is 6.54 Å². The Morgan fingerprint density at radius 3 is 2.26 bits per heavy atom. The van der Waals surface area contributed by atoms with Crippen LogP contribution in [0.25, 0.3) is 0 Å². The van der Waals surface area contributed by atoms with Crippen LogP contribution >= 0.6 is 15.9 Å². The van der Waals surface area contributed by atoms with Crippen molar-refractivity contribution in [3.05, 3.63) is 53.0 Å². The zero-order chi connectivity index (χ0) is 18.8. The van der Waals surface area contributed by atoms with Gasteiger partial charge in [-0.2, -0.15) is 0 Å². The summed E-state index contributed by atoms with van der Waals surface area (Å²) in [7, 11) is 0. The van der Waals surface area contributed by atoms with Crippen LogP contribution in [-0.2, 0) is 9.59 Å². The van der Waals surface area contributed by atoms with Crippen LogP contribution in [0, 0.1) is 5.92 Å². The second kappa shape index (κ2) is 7.72. The first-order valence-electron chi connectivity index (χ1n) is 9.32. The fourth-order valence-electron chi connectivity index (χ4n) is 3.73. The number of carbonyl (C=O) groups excluding carboxylic acids is 2. The van der Waals surface area contributed by atoms with Crippen LogP contribution in [0.15, 0.2) is 53.0 Å². The van der Waals surface area contributed by atoms with Crippen LogP contribution < -0.4 is 15.1 Å². The number of rotatable bonds is 4. The zero-order valence-corrected chi connectivity index (χ0v) is 16.6. The van der Waals surface area contributed by atoms with Crippen molar-refractivity contribution in [3.8, 4) is 0 Å². The molecule has 0 aromatic heterocycles. The van der Waals surface area contributed by atoms with Gasteiger partial charge in [0.05, 0.1) is 5.92 Å². The lowest BCUT2D eigenvalue weighted by molar-refractivity contribution is -0.122. The van der Waals surface area contributed by atoms with Crippen LogP contribution in [0.2, 0.25) is 0 Å². The molecule has 1 atom stereocenters. The molecule has 2 aromatic carbocycles. The molecular weight excluding hydrogens is 406 g/mol. The molecule has 2 aliphatic heterocycles. The lowest BCUT2D eigenvalue weighted by Gasteiger charge is -2.18. The molecular formula is C21H22BrN3O2. The monoisotopic (exact) mass is 427 g/mol. The van der Waals surface area contributed by atoms with E-state index >= 15 is 0 Å². The Bertz CT molecular complexity index is 830. The van der Waals surface area contributed by atoms with Gasteiger partial charge >= 0.3 is 0 Å². The van der Waals surface area contributed by atoms with Gasteiger partial charge in [-0.05, 0) is 61.4 Å². The number of hydrogen-bond donors (Lipinski definition) is 1. The van der Waals surface area contributed by atoms with Crippen molar-refractivity contribution < 1.29 is 9.59 Å². The van der Waals surface area contributed by atoms with Gasteiger partial charge in [0.1, 0.15) is 0 Å². The quantitative estimate of drug-likeness (QED) is 0.800. The minimum atomic E-state index is -0.334. The number of nitrogens with one attached hydrogen (secondary N) is 1. The van der Waals surface area contributed by atoms with Gasteiger partial charge in [-0.25, -0.2) is 0 Å². The van der Waals surface area contributed by atoms with Gasteiger partial charge in [0.15, 0.2) is 0 Å². The van der Waals surface area contributed by atoms with Crippen molar-refractivity contribution in [1.82, 2.24) is 0 Å². The minimum Gasteiger partial charge on any atom is -0.372 e. The highest BCUT2D eigenvalue weighted by atomic mass is 79.9. The van der Waals surface area contributed by atoms with E-state index in [1.165, 1.54) is 18.5 Å². The molecule has 2 amide bonds. The Labute approximate surface area is 167 Å². The molecule has 2 heterocycles. The van der Waals surface area contributed by atoms with Gasteiger partial charge in [-0.3, -0.25) is 9.59 Å². The summed E-state index contributed by atoms with van der Waals surface area (Å²) < 4.78 is 0.963. The summed E-state index contributed by atoms with van der Waals surface area (Å²) in [6.45, 7) is 2.61. The molecule has 0 radical (unpaired) electrons. The molecule has 2 saturated heterocycles. The predicted molar refractivity (Wildman–Crippen MR) is 111 cm³/mol. The van der Waals surface area contributed by atoms with Gasteiger partial charge < -0.3 is 15.1 Å². The molecule has 1 N–H and O–H groups in total. The van der Waals surface area contributed by atoms with Crippen molar-refractivity contribution in [2.24, 2.45) is 5.92 Å². The normalized spacial score (nSPS) is 19.6. The van der Waals surface area contributed by atoms with Crippen LogP contribution in [0.3, 0.4) is 0 Å². The molecule has 27 heavy (non-hydrogen) atoms. The first-order valence-corrected chi connectivity index (χ1v) is 10.1. The number of nitrogens with zero attached hydrogens (tertiary/aromatic N) is 2. The Morgan fingerprint density at radius 2 is 1.59 bits per heavy atom. The summed E-state index contributed by atoms with van der Waals surface area (Å²) in [5.74, 6) is -0.446. The topological polar surface area (TPSA) is 52.7 Å². The van der Waals surface area contributed by atoms with Crippen molar-refractivity contribution in [2.45, 2.75) is 19.3 Å². The maximum atomic E-state index is 12.6. The summed E-state index contributed by atoms with van der Waals surface area (Å²) in [6, 6.07) is 15.6. The number of benzene rings is 2. The maximum absolute atomic E-state index is 12.6. The highest BCUT2D eigenvalue weighted by molar-refractivity contribution is 9.10. The molecule has 0 spiro atoms. The van der Waals surface area contributed by atoms with Crippen molar-refractivity contribution in [1.29, 1.82) is 0 Å². The van der Waals surface area contributed by atoms with Gasteiger partial charge in [-0.15, -0.1) is 0 Å². The van der Waals surface area contributed by atoms with E-state index in [-0.39, 0.29) is 24.2 Å². The number of carbonyl (C=O) groups is 2. The number of halogens is 1. The van der Waals surface area contributed by atoms with Crippen LogP contribution in [0.1, 0.15) is 19.3 Å². The van der Waals surface area contributed by atoms with Gasteiger partial charge in [-0.1, -0.05) is 15.9 Å². The molecule has 2 aliphatic rings. The largest absolute Gasteiger partial charge is 0.372 e. The van der Waals surface area contributed by atoms with Crippen molar-refractivity contribution in [3.63, 3.8) is 0 Å². The van der Waals surface area contributed by atoms with E-state index in [0.717, 1.165) is 28.9 Å². The van der Waals surface area contributed by atoms with E-state index in [9.17, 15) is 9.59 Å². The second-order valence-electron chi connectivity index (χ2n) is 7.11. The molecule has 140 valence electrons. The molecule has 6 heteroatoms. The number of hydrogen-bond acceptors (Lipinski definition) is 3. The van der Waals surface area contributed by atoms with Crippen LogP contribution in [0.4, 0.5) is 17.1 Å². The Kier molecular flexibility index (Phi) is 5.16. The SMILES string of the molecule is O=C(Nc1ccc(N2CCCC2)cc1)[C@H]1CC(=O)N(c2ccc(Br)cc2)C1. The number of amides is 2. The summed E-state index contributed by atoms with van der Waals surface area (Å²) in [4.78, 5) is 29.0. The zero-order valence-electron chi connectivity index (χ0n) is 15.0. The Hall–Kier alpha value is -2.34. The van der Waals surface area contributed by atoms with Gasteiger partial charge in [0.25, 0.3) is 0 Å². The van der Waals surface area contributed by atoms with E-state index in [1.807, 2.05) is 36.4 Å². The lowest BCUT2D eigenvalue weighted by Crippen LogP contribution is -2.28. The molecule has 5 nitrogen and oxygen atoms in total. The molecule has 2 fully saturated rings. The maximum Gasteiger partial charge on any atom is 0.229 e. The van der Waals surface area contributed by atoms with Gasteiger partial charge in [0.2, 0.25) is 11.8 Å². The standard InChI is InChI=1S/C21H22BrN3O2/c22-16-3-7-19(8-4-16)25-14-15(13-20(25)26)21(27)23-17-5-9-18(10-6-17)24-11-1-2-12-24/h3-10,15H,1-2,11-14H2,(H,23,27)/t15-/m0/s1. The van der Waals surface area contributed by atoms with Crippen molar-refractivity contribution in [2.75, 3.05) is 34.8 Å². The van der Waals surface area contributed by atoms with Crippen LogP contribution in [0.5, 0.6) is 0 Å². The fraction of sp³-hybridized carbons (Fsp3) is 0.333. The molecule has 0 saturated carbocycles. The minimum absolute atomic E-state index is 0.0122.